The fraction of sp³-hybridized carbons (Fsp3) is 0.533. The zero-order valence-electron chi connectivity index (χ0n) is 24.4. The van der Waals surface area contributed by atoms with E-state index in [0.717, 1.165) is 56.5 Å². The molecule has 1 aliphatic heterocycles. The van der Waals surface area contributed by atoms with Crippen LogP contribution in [0.5, 0.6) is 5.75 Å². The molecule has 230 valence electrons. The molecule has 1 unspecified atom stereocenters. The van der Waals surface area contributed by atoms with E-state index in [4.69, 9.17) is 15.5 Å². The van der Waals surface area contributed by atoms with E-state index in [-0.39, 0.29) is 5.82 Å². The van der Waals surface area contributed by atoms with Crippen LogP contribution in [0.2, 0.25) is 0 Å². The number of anilines is 1. The topological polar surface area (TPSA) is 110 Å². The second-order valence-electron chi connectivity index (χ2n) is 11.8. The number of sulfonamides is 1. The van der Waals surface area contributed by atoms with Crippen LogP contribution < -0.4 is 15.2 Å². The highest BCUT2D eigenvalue weighted by molar-refractivity contribution is 7.89. The Hall–Kier alpha value is -2.96. The second kappa shape index (κ2) is 13.1. The summed E-state index contributed by atoms with van der Waals surface area (Å²) in [6, 6.07) is 6.74. The van der Waals surface area contributed by atoms with E-state index in [9.17, 15) is 21.6 Å². The highest BCUT2D eigenvalue weighted by atomic mass is 32.2. The summed E-state index contributed by atoms with van der Waals surface area (Å²) < 4.78 is 70.6. The lowest BCUT2D eigenvalue weighted by molar-refractivity contribution is -0.121. The number of aliphatic imine (C=N–C) groups is 1. The van der Waals surface area contributed by atoms with Gasteiger partial charge in [0.2, 0.25) is 10.0 Å². The summed E-state index contributed by atoms with van der Waals surface area (Å²) in [5.41, 5.74) is 9.27. The molecule has 12 heteroatoms. The van der Waals surface area contributed by atoms with Crippen LogP contribution in [-0.2, 0) is 16.6 Å². The summed E-state index contributed by atoms with van der Waals surface area (Å²) in [6.07, 6.45) is 6.15. The Bertz CT molecular complexity index is 1420. The Balaban J connectivity index is 1.46. The second-order valence-corrected chi connectivity index (χ2v) is 13.6. The van der Waals surface area contributed by atoms with Crippen molar-refractivity contribution in [2.24, 2.45) is 16.3 Å². The molecule has 0 fully saturated rings. The molecule has 2 aliphatic rings. The van der Waals surface area contributed by atoms with E-state index in [1.54, 1.807) is 10.8 Å². The Morgan fingerprint density at radius 2 is 2.05 bits per heavy atom. The van der Waals surface area contributed by atoms with E-state index in [1.165, 1.54) is 18.0 Å². The van der Waals surface area contributed by atoms with Gasteiger partial charge in [-0.2, -0.15) is 13.2 Å². The van der Waals surface area contributed by atoms with Crippen LogP contribution in [0.25, 0.3) is 11.1 Å². The zero-order chi connectivity index (χ0) is 30.5. The highest BCUT2D eigenvalue weighted by Gasteiger charge is 2.31. The molecule has 0 saturated carbocycles. The van der Waals surface area contributed by atoms with Crippen molar-refractivity contribution >= 4 is 22.1 Å². The lowest BCUT2D eigenvalue weighted by Gasteiger charge is -2.27. The van der Waals surface area contributed by atoms with Gasteiger partial charge in [0.25, 0.3) is 0 Å². The van der Waals surface area contributed by atoms with Crippen LogP contribution in [0.4, 0.5) is 19.0 Å². The fourth-order valence-corrected chi connectivity index (χ4v) is 6.22. The van der Waals surface area contributed by atoms with Crippen molar-refractivity contribution in [1.29, 1.82) is 0 Å². The van der Waals surface area contributed by atoms with Crippen molar-refractivity contribution in [3.8, 4) is 16.9 Å². The van der Waals surface area contributed by atoms with Crippen molar-refractivity contribution < 1.29 is 26.3 Å². The monoisotopic (exact) mass is 607 g/mol. The van der Waals surface area contributed by atoms with Crippen molar-refractivity contribution in [2.75, 3.05) is 32.0 Å². The number of benzene rings is 1. The molecule has 42 heavy (non-hydrogen) atoms. The molecule has 3 N–H and O–H groups in total. The van der Waals surface area contributed by atoms with Crippen LogP contribution in [0.1, 0.15) is 58.4 Å². The predicted octanol–water partition coefficient (Wildman–Crippen LogP) is 5.95. The number of rotatable bonds is 10. The smallest absolute Gasteiger partial charge is 0.402 e. The molecule has 1 aliphatic carbocycles. The largest absolute Gasteiger partial charge is 0.492 e. The van der Waals surface area contributed by atoms with Crippen molar-refractivity contribution in [1.82, 2.24) is 14.6 Å². The molecule has 2 heterocycles. The van der Waals surface area contributed by atoms with Gasteiger partial charge < -0.3 is 10.5 Å². The lowest BCUT2D eigenvalue weighted by Crippen LogP contribution is -2.34. The summed E-state index contributed by atoms with van der Waals surface area (Å²) in [7, 11) is -4.53. The van der Waals surface area contributed by atoms with Gasteiger partial charge in [-0.3, -0.25) is 9.89 Å². The zero-order valence-corrected chi connectivity index (χ0v) is 25.2. The third-order valence-electron chi connectivity index (χ3n) is 7.82. The van der Waals surface area contributed by atoms with E-state index < -0.39 is 27.6 Å². The predicted molar refractivity (Wildman–Crippen MR) is 159 cm³/mol. The summed E-state index contributed by atoms with van der Waals surface area (Å²) in [6.45, 7) is 7.87. The molecule has 2 aromatic rings. The van der Waals surface area contributed by atoms with Crippen LogP contribution in [0.3, 0.4) is 0 Å². The normalized spacial score (nSPS) is 18.7. The maximum absolute atomic E-state index is 12.6. The average molecular weight is 608 g/mol. The molecule has 4 rings (SSSR count). The van der Waals surface area contributed by atoms with Gasteiger partial charge in [0.15, 0.2) is 0 Å². The molecule has 1 atom stereocenters. The van der Waals surface area contributed by atoms with Gasteiger partial charge in [-0.05, 0) is 60.8 Å². The first-order valence-corrected chi connectivity index (χ1v) is 15.7. The third-order valence-corrected chi connectivity index (χ3v) is 9.25. The highest BCUT2D eigenvalue weighted by Crippen LogP contribution is 2.35. The number of alkyl halides is 3. The minimum atomic E-state index is -4.70. The minimum absolute atomic E-state index is 0.355. The average Bonchev–Trinajstić information content (AvgIpc) is 3.13. The van der Waals surface area contributed by atoms with Crippen molar-refractivity contribution in [3.05, 3.63) is 47.8 Å². The number of nitrogens with two attached hydrogens (primary N) is 1. The number of pyridine rings is 1. The van der Waals surface area contributed by atoms with E-state index in [1.807, 2.05) is 12.1 Å². The molecule has 1 aromatic heterocycles. The number of hydrogen-bond acceptors (Lipinski definition) is 7. The van der Waals surface area contributed by atoms with Crippen molar-refractivity contribution in [2.45, 2.75) is 70.5 Å². The number of hydrogen-bond donors (Lipinski definition) is 2. The van der Waals surface area contributed by atoms with Gasteiger partial charge in [0.1, 0.15) is 29.6 Å². The molecule has 8 nitrogen and oxygen atoms in total. The fourth-order valence-electron chi connectivity index (χ4n) is 5.10. The quantitative estimate of drug-likeness (QED) is 0.323. The molecule has 0 radical (unpaired) electrons. The first-order chi connectivity index (χ1) is 19.7. The SMILES string of the molecule is CCC(CC=NC1=CCC(C)(C)CC1)CN1CCOc2ccc(-c3cnc(N)c(S(=O)(=O)NCC(F)(F)F)c3)cc2C1. The number of allylic oxidation sites excluding steroid dienone is 2. The molecule has 0 bridgehead atoms. The van der Waals surface area contributed by atoms with Gasteiger partial charge in [0.05, 0.1) is 0 Å². The first kappa shape index (κ1) is 32.0. The molecule has 0 spiro atoms. The number of nitrogen functional groups attached to an aromatic ring is 1. The number of aromatic nitrogens is 1. The molecule has 0 amide bonds. The molecule has 1 aromatic carbocycles. The number of halogens is 3. The van der Waals surface area contributed by atoms with Gasteiger partial charge in [0, 0.05) is 48.9 Å². The van der Waals surface area contributed by atoms with E-state index in [0.29, 0.717) is 35.6 Å². The van der Waals surface area contributed by atoms with Gasteiger partial charge in [-0.1, -0.05) is 39.3 Å². The Morgan fingerprint density at radius 1 is 1.26 bits per heavy atom. The van der Waals surface area contributed by atoms with Crippen molar-refractivity contribution in [3.63, 3.8) is 0 Å². The van der Waals surface area contributed by atoms with Gasteiger partial charge in [-0.25, -0.2) is 18.1 Å². The summed E-state index contributed by atoms with van der Waals surface area (Å²) in [5, 5.41) is 0. The Labute approximate surface area is 246 Å². The van der Waals surface area contributed by atoms with Crippen LogP contribution >= 0.6 is 0 Å². The summed E-state index contributed by atoms with van der Waals surface area (Å²) >= 11 is 0. The van der Waals surface area contributed by atoms with E-state index >= 15 is 0 Å². The Morgan fingerprint density at radius 3 is 2.74 bits per heavy atom. The standard InChI is InChI=1S/C30H40F3N5O3S/c1-4-21(9-12-35-25-7-10-29(2,3)11-8-25)18-38-13-14-41-26-6-5-22(15-24(26)19-38)23-16-27(28(34)36-17-23)42(39,40)37-20-30(31,32)33/h5-7,12,15-17,21,37H,4,8-11,13-14,18-20H2,1-3H3,(H2,34,36). The minimum Gasteiger partial charge on any atom is -0.492 e. The first-order valence-electron chi connectivity index (χ1n) is 14.3. The molecular formula is C30H40F3N5O3S. The lowest BCUT2D eigenvalue weighted by atomic mass is 9.80. The van der Waals surface area contributed by atoms with Crippen LogP contribution in [0.15, 0.2) is 52.1 Å². The van der Waals surface area contributed by atoms with E-state index in [2.05, 4.69) is 42.9 Å². The molecule has 0 saturated heterocycles. The third kappa shape index (κ3) is 8.78. The summed E-state index contributed by atoms with van der Waals surface area (Å²) in [4.78, 5) is 10.6. The van der Waals surface area contributed by atoms with Gasteiger partial charge in [-0.15, -0.1) is 0 Å². The number of nitrogens with zero attached hydrogens (tertiary/aromatic N) is 3. The number of fused-ring (bicyclic) bond motifs is 1. The van der Waals surface area contributed by atoms with Gasteiger partial charge >= 0.3 is 6.18 Å². The van der Waals surface area contributed by atoms with Crippen LogP contribution in [0, 0.1) is 11.3 Å². The number of ether oxygens (including phenoxy) is 1. The summed E-state index contributed by atoms with van der Waals surface area (Å²) in [5.74, 6) is 0.791. The molecular weight excluding hydrogens is 567 g/mol. The Kier molecular flexibility index (Phi) is 9.99. The number of nitrogens with one attached hydrogen (secondary N) is 1. The maximum Gasteiger partial charge on any atom is 0.402 e. The van der Waals surface area contributed by atoms with Crippen LogP contribution in [-0.4, -0.2) is 56.9 Å². The maximum atomic E-state index is 12.6.